The molecule has 0 nitrogen and oxygen atoms in total. The van der Waals surface area contributed by atoms with E-state index in [2.05, 4.69) is 15.9 Å². The zero-order valence-corrected chi connectivity index (χ0v) is 9.05. The van der Waals surface area contributed by atoms with Gasteiger partial charge in [-0.3, -0.25) is 0 Å². The summed E-state index contributed by atoms with van der Waals surface area (Å²) in [7, 11) is 0. The first-order chi connectivity index (χ1) is 5.88. The molecule has 0 radical (unpaired) electrons. The van der Waals surface area contributed by atoms with Crippen molar-refractivity contribution >= 4 is 27.7 Å². The number of aryl methyl sites for hydroxylation is 1. The second kappa shape index (κ2) is 3.92. The Morgan fingerprint density at radius 2 is 1.92 bits per heavy atom. The van der Waals surface area contributed by atoms with Gasteiger partial charge in [0.15, 0.2) is 0 Å². The summed E-state index contributed by atoms with van der Waals surface area (Å²) in [6.45, 7) is 1.75. The van der Waals surface area contributed by atoms with Crippen LogP contribution < -0.4 is 0 Å². The molecule has 0 aliphatic carbocycles. The van der Waals surface area contributed by atoms with Crippen LogP contribution >= 0.6 is 27.7 Å². The standard InChI is InChI=1S/C8H6BrF3S/c1-5-4-6(2-3-7(5)9)13-8(10,11)12/h2-4H,1H3. The van der Waals surface area contributed by atoms with Crippen molar-refractivity contribution in [2.45, 2.75) is 17.3 Å². The van der Waals surface area contributed by atoms with E-state index in [1.54, 1.807) is 13.0 Å². The van der Waals surface area contributed by atoms with Gasteiger partial charge in [0, 0.05) is 9.37 Å². The number of halogens is 4. The van der Waals surface area contributed by atoms with Crippen molar-refractivity contribution in [1.29, 1.82) is 0 Å². The third-order valence-electron chi connectivity index (χ3n) is 1.36. The van der Waals surface area contributed by atoms with E-state index in [1.807, 2.05) is 0 Å². The summed E-state index contributed by atoms with van der Waals surface area (Å²) in [4.78, 5) is 0.216. The highest BCUT2D eigenvalue weighted by Crippen LogP contribution is 2.37. The second-order valence-electron chi connectivity index (χ2n) is 2.46. The highest BCUT2D eigenvalue weighted by atomic mass is 79.9. The molecule has 0 N–H and O–H groups in total. The molecule has 0 aliphatic heterocycles. The summed E-state index contributed by atoms with van der Waals surface area (Å²) in [6.07, 6.45) is 0. The predicted molar refractivity (Wildman–Crippen MR) is 50.8 cm³/mol. The SMILES string of the molecule is Cc1cc(SC(F)(F)F)ccc1Br. The summed E-state index contributed by atoms with van der Waals surface area (Å²) in [5.41, 5.74) is -3.41. The highest BCUT2D eigenvalue weighted by Gasteiger charge is 2.29. The molecule has 13 heavy (non-hydrogen) atoms. The second-order valence-corrected chi connectivity index (χ2v) is 4.45. The van der Waals surface area contributed by atoms with E-state index in [4.69, 9.17) is 0 Å². The van der Waals surface area contributed by atoms with Crippen LogP contribution in [0.3, 0.4) is 0 Å². The van der Waals surface area contributed by atoms with Gasteiger partial charge in [0.1, 0.15) is 0 Å². The Morgan fingerprint density at radius 3 is 2.38 bits per heavy atom. The molecule has 72 valence electrons. The molecule has 0 spiro atoms. The van der Waals surface area contributed by atoms with E-state index in [-0.39, 0.29) is 16.7 Å². The molecule has 0 aromatic heterocycles. The number of alkyl halides is 3. The van der Waals surface area contributed by atoms with E-state index in [1.165, 1.54) is 12.1 Å². The highest BCUT2D eigenvalue weighted by molar-refractivity contribution is 9.10. The van der Waals surface area contributed by atoms with E-state index in [0.29, 0.717) is 0 Å². The Morgan fingerprint density at radius 1 is 1.31 bits per heavy atom. The lowest BCUT2D eigenvalue weighted by molar-refractivity contribution is -0.0328. The fraction of sp³-hybridized carbons (Fsp3) is 0.250. The van der Waals surface area contributed by atoms with Crippen LogP contribution in [0.25, 0.3) is 0 Å². The van der Waals surface area contributed by atoms with Crippen LogP contribution in [0.4, 0.5) is 13.2 Å². The van der Waals surface area contributed by atoms with Crippen LogP contribution in [0.2, 0.25) is 0 Å². The van der Waals surface area contributed by atoms with Crippen molar-refractivity contribution in [2.24, 2.45) is 0 Å². The van der Waals surface area contributed by atoms with Crippen LogP contribution in [-0.2, 0) is 0 Å². The van der Waals surface area contributed by atoms with Gasteiger partial charge in [-0.1, -0.05) is 15.9 Å². The first-order valence-electron chi connectivity index (χ1n) is 3.40. The van der Waals surface area contributed by atoms with Crippen molar-refractivity contribution in [2.75, 3.05) is 0 Å². The minimum absolute atomic E-state index is 0.0972. The van der Waals surface area contributed by atoms with Crippen molar-refractivity contribution in [3.05, 3.63) is 28.2 Å². The van der Waals surface area contributed by atoms with Gasteiger partial charge in [-0.05, 0) is 42.4 Å². The van der Waals surface area contributed by atoms with E-state index in [0.717, 1.165) is 10.0 Å². The molecule has 1 rings (SSSR count). The molecule has 1 aromatic carbocycles. The minimum Gasteiger partial charge on any atom is -0.160 e. The average molecular weight is 271 g/mol. The van der Waals surface area contributed by atoms with Gasteiger partial charge in [0.2, 0.25) is 0 Å². The number of hydrogen-bond acceptors (Lipinski definition) is 1. The molecule has 0 atom stereocenters. The fourth-order valence-electron chi connectivity index (χ4n) is 0.814. The van der Waals surface area contributed by atoms with Crippen LogP contribution in [0, 0.1) is 6.92 Å². The fourth-order valence-corrected chi connectivity index (χ4v) is 1.70. The maximum atomic E-state index is 11.9. The molecule has 0 heterocycles. The van der Waals surface area contributed by atoms with Crippen molar-refractivity contribution in [3.8, 4) is 0 Å². The molecule has 5 heteroatoms. The zero-order valence-electron chi connectivity index (χ0n) is 6.65. The molecule has 0 saturated carbocycles. The van der Waals surface area contributed by atoms with Gasteiger partial charge in [-0.2, -0.15) is 13.2 Å². The van der Waals surface area contributed by atoms with Gasteiger partial charge in [-0.15, -0.1) is 0 Å². The third kappa shape index (κ3) is 3.60. The Kier molecular flexibility index (Phi) is 3.29. The number of thioether (sulfide) groups is 1. The lowest BCUT2D eigenvalue weighted by Gasteiger charge is -2.06. The summed E-state index contributed by atoms with van der Waals surface area (Å²) >= 11 is 3.12. The maximum absolute atomic E-state index is 11.9. The Balaban J connectivity index is 2.86. The van der Waals surface area contributed by atoms with Gasteiger partial charge < -0.3 is 0 Å². The molecule has 0 bridgehead atoms. The number of benzene rings is 1. The Labute approximate surface area is 86.6 Å². The third-order valence-corrected chi connectivity index (χ3v) is 2.97. The minimum atomic E-state index is -4.21. The Hall–Kier alpha value is -0.160. The molecule has 1 aromatic rings. The normalized spacial score (nSPS) is 11.8. The van der Waals surface area contributed by atoms with Gasteiger partial charge in [0.05, 0.1) is 0 Å². The molecule has 0 unspecified atom stereocenters. The van der Waals surface area contributed by atoms with Crippen LogP contribution in [0.1, 0.15) is 5.56 Å². The first-order valence-corrected chi connectivity index (χ1v) is 5.01. The van der Waals surface area contributed by atoms with E-state index in [9.17, 15) is 13.2 Å². The average Bonchev–Trinajstić information content (AvgIpc) is 1.94. The van der Waals surface area contributed by atoms with Crippen LogP contribution in [-0.4, -0.2) is 5.51 Å². The quantitative estimate of drug-likeness (QED) is 0.683. The summed E-state index contributed by atoms with van der Waals surface area (Å²) in [6, 6.07) is 4.56. The topological polar surface area (TPSA) is 0 Å². The molecular formula is C8H6BrF3S. The molecule has 0 fully saturated rings. The van der Waals surface area contributed by atoms with Crippen molar-refractivity contribution in [1.82, 2.24) is 0 Å². The monoisotopic (exact) mass is 270 g/mol. The predicted octanol–water partition coefficient (Wildman–Crippen LogP) is 4.37. The van der Waals surface area contributed by atoms with Gasteiger partial charge in [-0.25, -0.2) is 0 Å². The molecular weight excluding hydrogens is 265 g/mol. The summed E-state index contributed by atoms with van der Waals surface area (Å²) < 4.78 is 36.6. The summed E-state index contributed by atoms with van der Waals surface area (Å²) in [5.74, 6) is 0. The zero-order chi connectivity index (χ0) is 10.1. The smallest absolute Gasteiger partial charge is 0.160 e. The number of hydrogen-bond donors (Lipinski definition) is 0. The molecule has 0 amide bonds. The van der Waals surface area contributed by atoms with E-state index >= 15 is 0 Å². The van der Waals surface area contributed by atoms with Crippen LogP contribution in [0.5, 0.6) is 0 Å². The maximum Gasteiger partial charge on any atom is 0.446 e. The molecule has 0 saturated heterocycles. The van der Waals surface area contributed by atoms with Gasteiger partial charge >= 0.3 is 5.51 Å². The van der Waals surface area contributed by atoms with Gasteiger partial charge in [0.25, 0.3) is 0 Å². The number of rotatable bonds is 1. The van der Waals surface area contributed by atoms with Crippen molar-refractivity contribution in [3.63, 3.8) is 0 Å². The lowest BCUT2D eigenvalue weighted by Crippen LogP contribution is -1.98. The Bertz CT molecular complexity index is 309. The van der Waals surface area contributed by atoms with Crippen LogP contribution in [0.15, 0.2) is 27.6 Å². The van der Waals surface area contributed by atoms with E-state index < -0.39 is 5.51 Å². The molecule has 0 aliphatic rings. The first kappa shape index (κ1) is 10.9. The lowest BCUT2D eigenvalue weighted by atomic mass is 10.2. The summed E-state index contributed by atoms with van der Waals surface area (Å²) in [5, 5.41) is 0. The van der Waals surface area contributed by atoms with Crippen molar-refractivity contribution < 1.29 is 13.2 Å². The largest absolute Gasteiger partial charge is 0.446 e.